The molecule has 1 aliphatic heterocycles. The van der Waals surface area contributed by atoms with Gasteiger partial charge in [0.05, 0.1) is 5.56 Å². The third-order valence-electron chi connectivity index (χ3n) is 4.21. The first kappa shape index (κ1) is 13.8. The molecule has 0 bridgehead atoms. The topological polar surface area (TPSA) is 56.8 Å². The zero-order valence-corrected chi connectivity index (χ0v) is 12.7. The van der Waals surface area contributed by atoms with Gasteiger partial charge >= 0.3 is 0 Å². The average molecular weight is 303 g/mol. The molecule has 0 atom stereocenters. The lowest BCUT2D eigenvalue weighted by atomic mass is 10.1. The van der Waals surface area contributed by atoms with Gasteiger partial charge in [0.1, 0.15) is 11.5 Å². The Hall–Kier alpha value is -2.84. The number of piperazine rings is 1. The van der Waals surface area contributed by atoms with E-state index in [-0.39, 0.29) is 0 Å². The fourth-order valence-electron chi connectivity index (χ4n) is 2.95. The van der Waals surface area contributed by atoms with Crippen LogP contribution in [0.25, 0.3) is 22.2 Å². The Kier molecular flexibility index (Phi) is 3.45. The first-order chi connectivity index (χ1) is 11.3. The van der Waals surface area contributed by atoms with Gasteiger partial charge in [-0.05, 0) is 23.8 Å². The van der Waals surface area contributed by atoms with Gasteiger partial charge in [-0.2, -0.15) is 0 Å². The summed E-state index contributed by atoms with van der Waals surface area (Å²) in [4.78, 5) is 14.4. The van der Waals surface area contributed by atoms with E-state index >= 15 is 0 Å². The molecule has 5 heteroatoms. The van der Waals surface area contributed by atoms with Crippen LogP contribution in [0.5, 0.6) is 0 Å². The van der Waals surface area contributed by atoms with Crippen LogP contribution in [0.15, 0.2) is 36.8 Å². The largest absolute Gasteiger partial charge is 0.354 e. The highest BCUT2D eigenvalue weighted by molar-refractivity contribution is 5.87. The van der Waals surface area contributed by atoms with Gasteiger partial charge in [0.15, 0.2) is 0 Å². The predicted molar refractivity (Wildman–Crippen MR) is 92.3 cm³/mol. The van der Waals surface area contributed by atoms with Crippen molar-refractivity contribution in [1.29, 1.82) is 0 Å². The number of nitrogens with one attached hydrogen (secondary N) is 2. The summed E-state index contributed by atoms with van der Waals surface area (Å²) >= 11 is 0. The Labute approximate surface area is 134 Å². The van der Waals surface area contributed by atoms with Crippen LogP contribution < -0.4 is 10.2 Å². The molecular weight excluding hydrogens is 286 g/mol. The summed E-state index contributed by atoms with van der Waals surface area (Å²) in [5.74, 6) is 3.70. The van der Waals surface area contributed by atoms with E-state index in [4.69, 9.17) is 6.42 Å². The first-order valence-electron chi connectivity index (χ1n) is 7.71. The fourth-order valence-corrected chi connectivity index (χ4v) is 2.95. The van der Waals surface area contributed by atoms with E-state index in [1.807, 2.05) is 24.7 Å². The van der Waals surface area contributed by atoms with Crippen LogP contribution in [-0.4, -0.2) is 41.1 Å². The second-order valence-corrected chi connectivity index (χ2v) is 5.61. The molecule has 2 N–H and O–H groups in total. The van der Waals surface area contributed by atoms with E-state index in [2.05, 4.69) is 43.2 Å². The van der Waals surface area contributed by atoms with E-state index < -0.39 is 0 Å². The van der Waals surface area contributed by atoms with Gasteiger partial charge in [-0.15, -0.1) is 6.42 Å². The number of hydrogen-bond donors (Lipinski definition) is 2. The summed E-state index contributed by atoms with van der Waals surface area (Å²) in [6, 6.07) is 6.22. The van der Waals surface area contributed by atoms with Crippen LogP contribution in [0.1, 0.15) is 5.56 Å². The van der Waals surface area contributed by atoms with E-state index in [0.29, 0.717) is 0 Å². The standard InChI is InChI=1S/C18H17N5/c1-2-13-11-21-18-16(13)9-15(12-22-18)14-3-4-20-17(10-14)23-7-5-19-6-8-23/h1,3-4,9-12,19H,5-8H2,(H,21,22). The lowest BCUT2D eigenvalue weighted by molar-refractivity contribution is 0.585. The Morgan fingerprint density at radius 1 is 1.13 bits per heavy atom. The minimum absolute atomic E-state index is 0.818. The average Bonchev–Trinajstić information content (AvgIpc) is 3.05. The third-order valence-corrected chi connectivity index (χ3v) is 4.21. The van der Waals surface area contributed by atoms with E-state index in [9.17, 15) is 0 Å². The van der Waals surface area contributed by atoms with Crippen molar-refractivity contribution < 1.29 is 0 Å². The molecule has 1 aliphatic rings. The number of pyridine rings is 2. The van der Waals surface area contributed by atoms with Gasteiger partial charge in [0, 0.05) is 55.7 Å². The Bertz CT molecular complexity index is 884. The maximum Gasteiger partial charge on any atom is 0.138 e. The molecule has 1 saturated heterocycles. The molecule has 0 spiro atoms. The van der Waals surface area contributed by atoms with Gasteiger partial charge < -0.3 is 15.2 Å². The summed E-state index contributed by atoms with van der Waals surface area (Å²) < 4.78 is 0. The summed E-state index contributed by atoms with van der Waals surface area (Å²) in [7, 11) is 0. The summed E-state index contributed by atoms with van der Waals surface area (Å²) in [5.41, 5.74) is 3.81. The van der Waals surface area contributed by atoms with Gasteiger partial charge in [0.2, 0.25) is 0 Å². The molecule has 0 aromatic carbocycles. The van der Waals surface area contributed by atoms with Crippen molar-refractivity contribution in [3.8, 4) is 23.5 Å². The summed E-state index contributed by atoms with van der Waals surface area (Å²) in [5, 5.41) is 4.34. The van der Waals surface area contributed by atoms with Gasteiger partial charge in [0.25, 0.3) is 0 Å². The summed E-state index contributed by atoms with van der Waals surface area (Å²) in [6.07, 6.45) is 11.1. The molecule has 3 aromatic rings. The number of aromatic nitrogens is 3. The van der Waals surface area contributed by atoms with E-state index in [1.165, 1.54) is 0 Å². The number of H-pyrrole nitrogens is 1. The van der Waals surface area contributed by atoms with Crippen molar-refractivity contribution in [2.24, 2.45) is 0 Å². The predicted octanol–water partition coefficient (Wildman–Crippen LogP) is 2.02. The van der Waals surface area contributed by atoms with Crippen LogP contribution in [0, 0.1) is 12.3 Å². The lowest BCUT2D eigenvalue weighted by Crippen LogP contribution is -2.43. The Morgan fingerprint density at radius 2 is 2.00 bits per heavy atom. The number of rotatable bonds is 2. The molecule has 114 valence electrons. The molecular formula is C18H17N5. The van der Waals surface area contributed by atoms with Crippen LogP contribution in [0.2, 0.25) is 0 Å². The van der Waals surface area contributed by atoms with Crippen molar-refractivity contribution in [1.82, 2.24) is 20.3 Å². The van der Waals surface area contributed by atoms with Gasteiger partial charge in [-0.25, -0.2) is 9.97 Å². The highest BCUT2D eigenvalue weighted by Crippen LogP contribution is 2.26. The lowest BCUT2D eigenvalue weighted by Gasteiger charge is -2.28. The minimum atomic E-state index is 0.818. The fraction of sp³-hybridized carbons (Fsp3) is 0.222. The highest BCUT2D eigenvalue weighted by atomic mass is 15.2. The number of anilines is 1. The molecule has 0 amide bonds. The van der Waals surface area contributed by atoms with Crippen molar-refractivity contribution in [2.75, 3.05) is 31.1 Å². The molecule has 3 aromatic heterocycles. The zero-order chi connectivity index (χ0) is 15.6. The van der Waals surface area contributed by atoms with Crippen molar-refractivity contribution in [2.45, 2.75) is 0 Å². The normalized spacial score (nSPS) is 14.8. The summed E-state index contributed by atoms with van der Waals surface area (Å²) in [6.45, 7) is 3.95. The van der Waals surface area contributed by atoms with E-state index in [0.717, 1.165) is 59.7 Å². The Morgan fingerprint density at radius 3 is 2.83 bits per heavy atom. The number of fused-ring (bicyclic) bond motifs is 1. The van der Waals surface area contributed by atoms with Gasteiger partial charge in [-0.3, -0.25) is 0 Å². The smallest absolute Gasteiger partial charge is 0.138 e. The maximum atomic E-state index is 5.55. The molecule has 23 heavy (non-hydrogen) atoms. The third kappa shape index (κ3) is 2.54. The Balaban J connectivity index is 1.74. The molecule has 0 saturated carbocycles. The second-order valence-electron chi connectivity index (χ2n) is 5.61. The highest BCUT2D eigenvalue weighted by Gasteiger charge is 2.13. The van der Waals surface area contributed by atoms with Crippen LogP contribution in [0.4, 0.5) is 5.82 Å². The quantitative estimate of drug-likeness (QED) is 0.711. The number of aromatic amines is 1. The monoisotopic (exact) mass is 303 g/mol. The molecule has 0 aliphatic carbocycles. The molecule has 1 fully saturated rings. The van der Waals surface area contributed by atoms with Gasteiger partial charge in [-0.1, -0.05) is 5.92 Å². The molecule has 4 rings (SSSR count). The van der Waals surface area contributed by atoms with Crippen LogP contribution in [0.3, 0.4) is 0 Å². The first-order valence-corrected chi connectivity index (χ1v) is 7.71. The zero-order valence-electron chi connectivity index (χ0n) is 12.7. The van der Waals surface area contributed by atoms with Crippen molar-refractivity contribution >= 4 is 16.9 Å². The van der Waals surface area contributed by atoms with Crippen LogP contribution in [-0.2, 0) is 0 Å². The van der Waals surface area contributed by atoms with Crippen molar-refractivity contribution in [3.05, 3.63) is 42.4 Å². The minimum Gasteiger partial charge on any atom is -0.354 e. The number of terminal acetylenes is 1. The second kappa shape index (κ2) is 5.75. The van der Waals surface area contributed by atoms with E-state index in [1.54, 1.807) is 0 Å². The molecule has 5 nitrogen and oxygen atoms in total. The number of nitrogens with zero attached hydrogens (tertiary/aromatic N) is 3. The van der Waals surface area contributed by atoms with Crippen molar-refractivity contribution in [3.63, 3.8) is 0 Å². The number of hydrogen-bond acceptors (Lipinski definition) is 4. The molecule has 0 unspecified atom stereocenters. The maximum absolute atomic E-state index is 5.55. The molecule has 4 heterocycles. The van der Waals surface area contributed by atoms with Crippen LogP contribution >= 0.6 is 0 Å². The SMILES string of the molecule is C#Cc1c[nH]c2ncc(-c3ccnc(N4CCNCC4)c3)cc12. The molecule has 0 radical (unpaired) electrons.